The predicted molar refractivity (Wildman–Crippen MR) is 84.9 cm³/mol. The molecule has 0 saturated heterocycles. The number of rotatable bonds is 9. The van der Waals surface area contributed by atoms with Gasteiger partial charge in [0.2, 0.25) is 0 Å². The molecular weight excluding hydrogens is 286 g/mol. The number of alkyl carbamates (subject to hydrolysis) is 1. The van der Waals surface area contributed by atoms with E-state index in [0.29, 0.717) is 26.1 Å². The molecule has 0 fully saturated rings. The van der Waals surface area contributed by atoms with E-state index in [0.717, 1.165) is 0 Å². The minimum Gasteiger partial charge on any atom is -0.481 e. The summed E-state index contributed by atoms with van der Waals surface area (Å²) in [6.45, 7) is 12.0. The largest absolute Gasteiger partial charge is 0.481 e. The Labute approximate surface area is 133 Å². The molecule has 0 radical (unpaired) electrons. The molecule has 0 heterocycles. The van der Waals surface area contributed by atoms with Crippen LogP contribution in [0.4, 0.5) is 4.79 Å². The van der Waals surface area contributed by atoms with Crippen LogP contribution in [0.3, 0.4) is 0 Å². The lowest BCUT2D eigenvalue weighted by Crippen LogP contribution is -2.46. The first-order valence-electron chi connectivity index (χ1n) is 7.80. The summed E-state index contributed by atoms with van der Waals surface area (Å²) < 4.78 is 10.5. The van der Waals surface area contributed by atoms with Gasteiger partial charge in [0.05, 0.1) is 5.41 Å². The highest BCUT2D eigenvalue weighted by Gasteiger charge is 2.39. The first-order chi connectivity index (χ1) is 10.0. The minimum atomic E-state index is -1.04. The fourth-order valence-corrected chi connectivity index (χ4v) is 2.28. The van der Waals surface area contributed by atoms with Crippen LogP contribution in [-0.2, 0) is 14.3 Å². The van der Waals surface area contributed by atoms with Gasteiger partial charge in [-0.05, 0) is 46.5 Å². The third-order valence-corrected chi connectivity index (χ3v) is 3.15. The van der Waals surface area contributed by atoms with Gasteiger partial charge in [-0.1, -0.05) is 13.8 Å². The molecule has 0 aromatic rings. The number of carboxylic acids is 1. The molecule has 0 aromatic heterocycles. The third kappa shape index (κ3) is 8.22. The number of nitrogens with one attached hydrogen (secondary N) is 1. The molecular formula is C16H31NO5. The van der Waals surface area contributed by atoms with Crippen LogP contribution in [0.2, 0.25) is 0 Å². The molecule has 0 aliphatic rings. The first-order valence-corrected chi connectivity index (χ1v) is 7.80. The second-order valence-corrected chi connectivity index (χ2v) is 6.99. The van der Waals surface area contributed by atoms with Gasteiger partial charge in [0.25, 0.3) is 0 Å². The smallest absolute Gasteiger partial charge is 0.407 e. The van der Waals surface area contributed by atoms with E-state index in [9.17, 15) is 14.7 Å². The molecule has 0 spiro atoms. The van der Waals surface area contributed by atoms with E-state index in [1.165, 1.54) is 0 Å². The molecule has 0 aliphatic carbocycles. The molecule has 130 valence electrons. The van der Waals surface area contributed by atoms with Gasteiger partial charge in [-0.15, -0.1) is 0 Å². The van der Waals surface area contributed by atoms with E-state index < -0.39 is 23.1 Å². The lowest BCUT2D eigenvalue weighted by atomic mass is 9.77. The van der Waals surface area contributed by atoms with Gasteiger partial charge >= 0.3 is 12.1 Å². The van der Waals surface area contributed by atoms with Gasteiger partial charge in [0, 0.05) is 19.8 Å². The van der Waals surface area contributed by atoms with Crippen LogP contribution in [0.5, 0.6) is 0 Å². The summed E-state index contributed by atoms with van der Waals surface area (Å²) >= 11 is 0. The average Bonchev–Trinajstić information content (AvgIpc) is 2.33. The van der Waals surface area contributed by atoms with Crippen molar-refractivity contribution < 1.29 is 24.2 Å². The highest BCUT2D eigenvalue weighted by Crippen LogP contribution is 2.30. The Morgan fingerprint density at radius 2 is 1.82 bits per heavy atom. The maximum Gasteiger partial charge on any atom is 0.407 e. The zero-order valence-electron chi connectivity index (χ0n) is 14.7. The van der Waals surface area contributed by atoms with Crippen molar-refractivity contribution in [2.45, 2.75) is 60.0 Å². The second kappa shape index (κ2) is 8.98. The van der Waals surface area contributed by atoms with Gasteiger partial charge < -0.3 is 19.9 Å². The van der Waals surface area contributed by atoms with Crippen LogP contribution in [0.25, 0.3) is 0 Å². The molecule has 0 bridgehead atoms. The maximum absolute atomic E-state index is 11.8. The van der Waals surface area contributed by atoms with Crippen LogP contribution in [0, 0.1) is 11.3 Å². The van der Waals surface area contributed by atoms with Crippen molar-refractivity contribution in [1.29, 1.82) is 0 Å². The SMILES string of the molecule is CCOCCC(CNC(=O)OC(C)(C)C)(CC(C)C)C(=O)O. The van der Waals surface area contributed by atoms with E-state index in [4.69, 9.17) is 9.47 Å². The highest BCUT2D eigenvalue weighted by molar-refractivity contribution is 5.76. The van der Waals surface area contributed by atoms with Crippen molar-refractivity contribution in [1.82, 2.24) is 5.32 Å². The molecule has 6 heteroatoms. The Morgan fingerprint density at radius 3 is 2.23 bits per heavy atom. The molecule has 1 atom stereocenters. The summed E-state index contributed by atoms with van der Waals surface area (Å²) in [7, 11) is 0. The number of ether oxygens (including phenoxy) is 2. The van der Waals surface area contributed by atoms with E-state index >= 15 is 0 Å². The maximum atomic E-state index is 11.8. The summed E-state index contributed by atoms with van der Waals surface area (Å²) in [6, 6.07) is 0. The number of carbonyl (C=O) groups is 2. The Morgan fingerprint density at radius 1 is 1.23 bits per heavy atom. The lowest BCUT2D eigenvalue weighted by Gasteiger charge is -2.31. The standard InChI is InChI=1S/C16H31NO5/c1-7-21-9-8-16(13(18)19,10-12(2)3)11-17-14(20)22-15(4,5)6/h12H,7-11H2,1-6H3,(H,17,20)(H,18,19). The number of hydrogen-bond donors (Lipinski definition) is 2. The van der Waals surface area contributed by atoms with E-state index in [2.05, 4.69) is 5.32 Å². The molecule has 0 aliphatic heterocycles. The van der Waals surface area contributed by atoms with Crippen LogP contribution >= 0.6 is 0 Å². The number of hydrogen-bond acceptors (Lipinski definition) is 4. The molecule has 0 aromatic carbocycles. The van der Waals surface area contributed by atoms with E-state index in [1.54, 1.807) is 20.8 Å². The van der Waals surface area contributed by atoms with Gasteiger partial charge in [0.15, 0.2) is 0 Å². The molecule has 0 saturated carbocycles. The van der Waals surface area contributed by atoms with Crippen LogP contribution < -0.4 is 5.32 Å². The Kier molecular flexibility index (Phi) is 8.45. The van der Waals surface area contributed by atoms with Crippen LogP contribution in [-0.4, -0.2) is 42.5 Å². The summed E-state index contributed by atoms with van der Waals surface area (Å²) in [5, 5.41) is 12.3. The van der Waals surface area contributed by atoms with Crippen molar-refractivity contribution in [2.24, 2.45) is 11.3 Å². The highest BCUT2D eigenvalue weighted by atomic mass is 16.6. The van der Waals surface area contributed by atoms with Gasteiger partial charge in [-0.25, -0.2) is 4.79 Å². The Hall–Kier alpha value is -1.30. The Bertz CT molecular complexity index is 362. The van der Waals surface area contributed by atoms with Gasteiger partial charge in [-0.2, -0.15) is 0 Å². The number of carbonyl (C=O) groups excluding carboxylic acids is 1. The van der Waals surface area contributed by atoms with E-state index in [-0.39, 0.29) is 12.5 Å². The van der Waals surface area contributed by atoms with Crippen LogP contribution in [0.1, 0.15) is 54.4 Å². The van der Waals surface area contributed by atoms with E-state index in [1.807, 2.05) is 20.8 Å². The first kappa shape index (κ1) is 20.7. The summed E-state index contributed by atoms with van der Waals surface area (Å²) in [6.07, 6.45) is 0.216. The number of carboxylic acid groups (broad SMARTS) is 1. The third-order valence-electron chi connectivity index (χ3n) is 3.15. The van der Waals surface area contributed by atoms with Crippen molar-refractivity contribution in [3.63, 3.8) is 0 Å². The molecule has 1 unspecified atom stereocenters. The Balaban J connectivity index is 4.89. The lowest BCUT2D eigenvalue weighted by molar-refractivity contribution is -0.151. The average molecular weight is 317 g/mol. The van der Waals surface area contributed by atoms with Crippen molar-refractivity contribution in [3.8, 4) is 0 Å². The number of aliphatic carboxylic acids is 1. The van der Waals surface area contributed by atoms with Crippen molar-refractivity contribution in [2.75, 3.05) is 19.8 Å². The molecule has 0 rings (SSSR count). The zero-order chi connectivity index (χ0) is 17.4. The summed E-state index contributed by atoms with van der Waals surface area (Å²) in [5.41, 5.74) is -1.65. The van der Waals surface area contributed by atoms with Gasteiger partial charge in [0.1, 0.15) is 5.60 Å². The zero-order valence-corrected chi connectivity index (χ0v) is 14.7. The summed E-state index contributed by atoms with van der Waals surface area (Å²) in [4.78, 5) is 23.6. The molecule has 22 heavy (non-hydrogen) atoms. The van der Waals surface area contributed by atoms with Crippen LogP contribution in [0.15, 0.2) is 0 Å². The fourth-order valence-electron chi connectivity index (χ4n) is 2.28. The summed E-state index contributed by atoms with van der Waals surface area (Å²) in [5.74, 6) is -0.727. The predicted octanol–water partition coefficient (Wildman–Crippen LogP) is 3.05. The van der Waals surface area contributed by atoms with Gasteiger partial charge in [-0.3, -0.25) is 4.79 Å². The van der Waals surface area contributed by atoms with Crippen molar-refractivity contribution in [3.05, 3.63) is 0 Å². The monoisotopic (exact) mass is 317 g/mol. The fraction of sp³-hybridized carbons (Fsp3) is 0.875. The minimum absolute atomic E-state index is 0.0303. The molecule has 1 amide bonds. The quantitative estimate of drug-likeness (QED) is 0.638. The molecule has 6 nitrogen and oxygen atoms in total. The normalized spacial score (nSPS) is 14.5. The van der Waals surface area contributed by atoms with Crippen molar-refractivity contribution >= 4 is 12.1 Å². The molecule has 2 N–H and O–H groups in total. The topological polar surface area (TPSA) is 84.9 Å². The second-order valence-electron chi connectivity index (χ2n) is 6.99. The number of amides is 1.